The van der Waals surface area contributed by atoms with Gasteiger partial charge in [-0.3, -0.25) is 9.59 Å². The van der Waals surface area contributed by atoms with Crippen LogP contribution in [0.1, 0.15) is 27.2 Å². The van der Waals surface area contributed by atoms with Crippen LogP contribution < -0.4 is 20.7 Å². The monoisotopic (exact) mass is 355 g/mol. The molecule has 0 fully saturated rings. The second kappa shape index (κ2) is 9.46. The first-order valence-corrected chi connectivity index (χ1v) is 8.64. The molecule has 1 atom stereocenters. The van der Waals surface area contributed by atoms with Gasteiger partial charge in [0.2, 0.25) is 11.8 Å². The lowest BCUT2D eigenvalue weighted by Gasteiger charge is -2.13. The van der Waals surface area contributed by atoms with E-state index in [4.69, 9.17) is 4.74 Å². The van der Waals surface area contributed by atoms with Crippen LogP contribution in [0.4, 0.5) is 17.1 Å². The summed E-state index contributed by atoms with van der Waals surface area (Å²) in [5.74, 6) is 0.525. The highest BCUT2D eigenvalue weighted by Crippen LogP contribution is 2.18. The number of hydrogen-bond acceptors (Lipinski definition) is 4. The van der Waals surface area contributed by atoms with Crippen LogP contribution in [0.2, 0.25) is 0 Å². The Labute approximate surface area is 153 Å². The topological polar surface area (TPSA) is 79.5 Å². The van der Waals surface area contributed by atoms with Crippen molar-refractivity contribution >= 4 is 28.9 Å². The summed E-state index contributed by atoms with van der Waals surface area (Å²) in [7, 11) is 0. The summed E-state index contributed by atoms with van der Waals surface area (Å²) in [4.78, 5) is 23.0. The summed E-state index contributed by atoms with van der Waals surface area (Å²) in [5, 5.41) is 8.55. The predicted molar refractivity (Wildman–Crippen MR) is 105 cm³/mol. The lowest BCUT2D eigenvalue weighted by Crippen LogP contribution is -2.21. The molecule has 26 heavy (non-hydrogen) atoms. The lowest BCUT2D eigenvalue weighted by molar-refractivity contribution is -0.115. The third-order valence-corrected chi connectivity index (χ3v) is 3.71. The van der Waals surface area contributed by atoms with Gasteiger partial charge in [-0.05, 0) is 61.9 Å². The van der Waals surface area contributed by atoms with Crippen LogP contribution in [0, 0.1) is 0 Å². The molecular weight excluding hydrogens is 330 g/mol. The molecule has 2 aromatic rings. The van der Waals surface area contributed by atoms with Crippen molar-refractivity contribution in [3.63, 3.8) is 0 Å². The maximum atomic E-state index is 12.0. The zero-order valence-electron chi connectivity index (χ0n) is 15.3. The number of carbonyl (C=O) groups is 2. The largest absolute Gasteiger partial charge is 0.491 e. The van der Waals surface area contributed by atoms with E-state index in [1.165, 1.54) is 6.92 Å². The first kappa shape index (κ1) is 19.3. The Morgan fingerprint density at radius 2 is 1.46 bits per heavy atom. The lowest BCUT2D eigenvalue weighted by atomic mass is 10.2. The molecule has 2 aromatic carbocycles. The van der Waals surface area contributed by atoms with E-state index in [-0.39, 0.29) is 24.5 Å². The van der Waals surface area contributed by atoms with Crippen LogP contribution in [0.3, 0.4) is 0 Å². The van der Waals surface area contributed by atoms with Gasteiger partial charge in [0.15, 0.2) is 0 Å². The van der Waals surface area contributed by atoms with Gasteiger partial charge in [0.25, 0.3) is 0 Å². The third kappa shape index (κ3) is 6.47. The van der Waals surface area contributed by atoms with E-state index in [0.29, 0.717) is 11.4 Å². The fourth-order valence-electron chi connectivity index (χ4n) is 2.19. The van der Waals surface area contributed by atoms with Gasteiger partial charge in [-0.15, -0.1) is 0 Å². The van der Waals surface area contributed by atoms with Gasteiger partial charge >= 0.3 is 0 Å². The average molecular weight is 355 g/mol. The van der Waals surface area contributed by atoms with E-state index in [0.717, 1.165) is 17.9 Å². The maximum Gasteiger partial charge on any atom is 0.243 e. The molecule has 0 heterocycles. The molecule has 0 bridgehead atoms. The highest BCUT2D eigenvalue weighted by atomic mass is 16.5. The molecule has 2 rings (SSSR count). The summed E-state index contributed by atoms with van der Waals surface area (Å²) >= 11 is 0. The zero-order valence-corrected chi connectivity index (χ0v) is 15.3. The normalized spacial score (nSPS) is 11.3. The molecule has 138 valence electrons. The van der Waals surface area contributed by atoms with Gasteiger partial charge in [-0.25, -0.2) is 0 Å². The summed E-state index contributed by atoms with van der Waals surface area (Å²) in [6.45, 7) is 5.70. The molecule has 2 amide bonds. The Bertz CT molecular complexity index is 727. The molecule has 0 saturated heterocycles. The Morgan fingerprint density at radius 1 is 0.923 bits per heavy atom. The number of hydrogen-bond donors (Lipinski definition) is 3. The summed E-state index contributed by atoms with van der Waals surface area (Å²) in [6, 6.07) is 14.5. The van der Waals surface area contributed by atoms with Crippen LogP contribution in [0.15, 0.2) is 48.5 Å². The van der Waals surface area contributed by atoms with E-state index in [1.807, 2.05) is 31.2 Å². The first-order valence-electron chi connectivity index (χ1n) is 8.64. The fraction of sp³-hybridized carbons (Fsp3) is 0.300. The maximum absolute atomic E-state index is 12.0. The van der Waals surface area contributed by atoms with Crippen molar-refractivity contribution in [3.8, 4) is 5.75 Å². The van der Waals surface area contributed by atoms with Gasteiger partial charge < -0.3 is 20.7 Å². The van der Waals surface area contributed by atoms with Gasteiger partial charge in [0.05, 0.1) is 12.6 Å². The number of amides is 2. The predicted octanol–water partition coefficient (Wildman–Crippen LogP) is 3.87. The Hall–Kier alpha value is -3.02. The van der Waals surface area contributed by atoms with Gasteiger partial charge in [-0.2, -0.15) is 0 Å². The Kier molecular flexibility index (Phi) is 7.02. The summed E-state index contributed by atoms with van der Waals surface area (Å²) in [5.41, 5.74) is 2.20. The first-order chi connectivity index (χ1) is 12.5. The summed E-state index contributed by atoms with van der Waals surface area (Å²) < 4.78 is 5.72. The van der Waals surface area contributed by atoms with E-state index >= 15 is 0 Å². The molecule has 0 aliphatic carbocycles. The molecule has 0 aliphatic rings. The fourth-order valence-corrected chi connectivity index (χ4v) is 2.19. The van der Waals surface area contributed by atoms with E-state index in [2.05, 4.69) is 22.9 Å². The van der Waals surface area contributed by atoms with E-state index in [9.17, 15) is 9.59 Å². The van der Waals surface area contributed by atoms with Crippen LogP contribution in [-0.4, -0.2) is 24.5 Å². The molecule has 3 N–H and O–H groups in total. The molecule has 0 aromatic heterocycles. The molecular formula is C20H25N3O3. The molecule has 0 aliphatic heterocycles. The number of carbonyl (C=O) groups excluding carboxylic acids is 2. The molecule has 1 unspecified atom stereocenters. The van der Waals surface area contributed by atoms with Gasteiger partial charge in [0, 0.05) is 24.0 Å². The zero-order chi connectivity index (χ0) is 18.9. The molecule has 6 heteroatoms. The van der Waals surface area contributed by atoms with Crippen molar-refractivity contribution in [3.05, 3.63) is 48.5 Å². The minimum atomic E-state index is -0.155. The number of rotatable bonds is 8. The van der Waals surface area contributed by atoms with Crippen molar-refractivity contribution < 1.29 is 14.3 Å². The highest BCUT2D eigenvalue weighted by Gasteiger charge is 2.04. The quantitative estimate of drug-likeness (QED) is 0.671. The SMILES string of the molecule is CCC(C)Oc1ccc(NCC(=O)Nc2ccc(NC(C)=O)cc2)cc1. The van der Waals surface area contributed by atoms with E-state index < -0.39 is 0 Å². The van der Waals surface area contributed by atoms with E-state index in [1.54, 1.807) is 24.3 Å². The van der Waals surface area contributed by atoms with Crippen molar-refractivity contribution in [1.82, 2.24) is 0 Å². The van der Waals surface area contributed by atoms with Crippen LogP contribution in [0.5, 0.6) is 5.75 Å². The molecule has 0 saturated carbocycles. The number of nitrogens with one attached hydrogen (secondary N) is 3. The van der Waals surface area contributed by atoms with Crippen molar-refractivity contribution in [2.45, 2.75) is 33.3 Å². The minimum absolute atomic E-state index is 0.133. The van der Waals surface area contributed by atoms with Crippen molar-refractivity contribution in [2.75, 3.05) is 22.5 Å². The average Bonchev–Trinajstić information content (AvgIpc) is 2.62. The standard InChI is InChI=1S/C20H25N3O3/c1-4-14(2)26-19-11-9-16(10-12-19)21-13-20(25)23-18-7-5-17(6-8-18)22-15(3)24/h5-12,14,21H,4,13H2,1-3H3,(H,22,24)(H,23,25). The number of ether oxygens (including phenoxy) is 1. The Balaban J connectivity index is 1.80. The second-order valence-electron chi connectivity index (χ2n) is 6.02. The summed E-state index contributed by atoms with van der Waals surface area (Å²) in [6.07, 6.45) is 1.13. The Morgan fingerprint density at radius 3 is 2.00 bits per heavy atom. The molecule has 0 spiro atoms. The highest BCUT2D eigenvalue weighted by molar-refractivity contribution is 5.94. The smallest absolute Gasteiger partial charge is 0.243 e. The third-order valence-electron chi connectivity index (χ3n) is 3.71. The number of anilines is 3. The number of benzene rings is 2. The molecule has 0 radical (unpaired) electrons. The van der Waals surface area contributed by atoms with Crippen LogP contribution >= 0.6 is 0 Å². The van der Waals surface area contributed by atoms with Crippen LogP contribution in [0.25, 0.3) is 0 Å². The van der Waals surface area contributed by atoms with Crippen molar-refractivity contribution in [2.24, 2.45) is 0 Å². The van der Waals surface area contributed by atoms with Crippen LogP contribution in [-0.2, 0) is 9.59 Å². The minimum Gasteiger partial charge on any atom is -0.491 e. The van der Waals surface area contributed by atoms with Crippen molar-refractivity contribution in [1.29, 1.82) is 0 Å². The molecule has 6 nitrogen and oxygen atoms in total. The van der Waals surface area contributed by atoms with Gasteiger partial charge in [0.1, 0.15) is 5.75 Å². The van der Waals surface area contributed by atoms with Gasteiger partial charge in [-0.1, -0.05) is 6.92 Å². The second-order valence-corrected chi connectivity index (χ2v) is 6.02.